The summed E-state index contributed by atoms with van der Waals surface area (Å²) in [7, 11) is -3.21. The Morgan fingerprint density at radius 2 is 0.909 bits per heavy atom. The molecule has 6 fully saturated rings. The number of hydrogen-bond acceptors (Lipinski definition) is 4. The van der Waals surface area contributed by atoms with Crippen LogP contribution < -0.4 is 10.4 Å². The van der Waals surface area contributed by atoms with E-state index in [0.717, 1.165) is 51.4 Å². The normalized spacial score (nSPS) is 43.6. The lowest BCUT2D eigenvalue weighted by molar-refractivity contribution is -0.118. The fourth-order valence-corrected chi connectivity index (χ4v) is 19.4. The third kappa shape index (κ3) is 5.47. The first-order valence-corrected chi connectivity index (χ1v) is 24.2. The highest BCUT2D eigenvalue weighted by Gasteiger charge is 2.64. The molecule has 5 heteroatoms. The zero-order valence-corrected chi connectivity index (χ0v) is 35.0. The van der Waals surface area contributed by atoms with E-state index in [1.54, 1.807) is 0 Å². The Balaban J connectivity index is 0.984. The number of carbonyl (C=O) groups excluding carboxylic acids is 2. The minimum atomic E-state index is -3.21. The van der Waals surface area contributed by atoms with Gasteiger partial charge in [-0.25, -0.2) is 0 Å². The highest BCUT2D eigenvalue weighted by molar-refractivity contribution is 6.92. The van der Waals surface area contributed by atoms with Gasteiger partial charge >= 0.3 is 8.56 Å². The van der Waals surface area contributed by atoms with Gasteiger partial charge in [-0.3, -0.25) is 9.59 Å². The maximum atomic E-state index is 12.5. The summed E-state index contributed by atoms with van der Waals surface area (Å²) < 4.78 is 16.2. The van der Waals surface area contributed by atoms with Crippen LogP contribution in [-0.4, -0.2) is 32.3 Å². The van der Waals surface area contributed by atoms with Crippen LogP contribution in [0.1, 0.15) is 130 Å². The molecule has 12 atom stereocenters. The fraction of sp³-hybridized carbons (Fsp3) is 0.640. The van der Waals surface area contributed by atoms with Crippen LogP contribution >= 0.6 is 0 Å². The van der Waals surface area contributed by atoms with Gasteiger partial charge in [-0.15, -0.1) is 0 Å². The maximum Gasteiger partial charge on any atom is 0.407 e. The van der Waals surface area contributed by atoms with Crippen molar-refractivity contribution in [3.8, 4) is 0 Å². The summed E-state index contributed by atoms with van der Waals surface area (Å²) in [6, 6.07) is 22.4. The van der Waals surface area contributed by atoms with Crippen molar-refractivity contribution in [2.75, 3.05) is 0 Å². The predicted octanol–water partition coefficient (Wildman–Crippen LogP) is 10.1. The van der Waals surface area contributed by atoms with Crippen molar-refractivity contribution < 1.29 is 18.4 Å². The third-order valence-corrected chi connectivity index (χ3v) is 22.1. The highest BCUT2D eigenvalue weighted by Crippen LogP contribution is 2.68. The van der Waals surface area contributed by atoms with E-state index in [1.165, 1.54) is 72.9 Å². The van der Waals surface area contributed by atoms with E-state index >= 15 is 0 Å². The molecule has 0 unspecified atom stereocenters. The highest BCUT2D eigenvalue weighted by atomic mass is 28.4. The molecule has 6 saturated carbocycles. The number of fused-ring (bicyclic) bond motifs is 10. The second-order valence-electron chi connectivity index (χ2n) is 20.7. The molecule has 292 valence electrons. The van der Waals surface area contributed by atoms with Crippen LogP contribution in [0, 0.1) is 57.2 Å². The molecule has 55 heavy (non-hydrogen) atoms. The van der Waals surface area contributed by atoms with E-state index in [9.17, 15) is 9.59 Å². The van der Waals surface area contributed by atoms with Crippen molar-refractivity contribution in [2.24, 2.45) is 57.2 Å². The van der Waals surface area contributed by atoms with Gasteiger partial charge in [0.15, 0.2) is 11.6 Å². The minimum Gasteiger partial charge on any atom is -0.384 e. The van der Waals surface area contributed by atoms with Crippen molar-refractivity contribution in [1.82, 2.24) is 0 Å². The van der Waals surface area contributed by atoms with Gasteiger partial charge in [0.25, 0.3) is 0 Å². The van der Waals surface area contributed by atoms with E-state index < -0.39 is 8.56 Å². The van der Waals surface area contributed by atoms with Gasteiger partial charge in [0, 0.05) is 12.8 Å². The van der Waals surface area contributed by atoms with Gasteiger partial charge in [0.2, 0.25) is 0 Å². The fourth-order valence-electron chi connectivity index (χ4n) is 15.6. The number of allylic oxidation sites excluding steroid dienone is 2. The summed E-state index contributed by atoms with van der Waals surface area (Å²) in [5.74, 6) is 4.74. The summed E-state index contributed by atoms with van der Waals surface area (Å²) in [6.45, 7) is 10.2. The lowest BCUT2D eigenvalue weighted by atomic mass is 9.47. The molecule has 0 saturated heterocycles. The average Bonchev–Trinajstić information content (AvgIpc) is 3.71. The number of benzene rings is 2. The number of hydrogen-bond donors (Lipinski definition) is 0. The molecule has 2 aromatic rings. The minimum absolute atomic E-state index is 0.110. The van der Waals surface area contributed by atoms with Crippen molar-refractivity contribution in [3.05, 3.63) is 84.0 Å². The Kier molecular flexibility index (Phi) is 8.82. The Hall–Kier alpha value is -2.60. The maximum absolute atomic E-state index is 12.5. The first-order chi connectivity index (χ1) is 26.5. The van der Waals surface area contributed by atoms with Crippen LogP contribution in [0.15, 0.2) is 84.0 Å². The Morgan fingerprint density at radius 1 is 0.491 bits per heavy atom. The van der Waals surface area contributed by atoms with Crippen molar-refractivity contribution >= 4 is 30.5 Å². The predicted molar refractivity (Wildman–Crippen MR) is 221 cm³/mol. The van der Waals surface area contributed by atoms with E-state index in [4.69, 9.17) is 8.85 Å². The van der Waals surface area contributed by atoms with E-state index in [2.05, 4.69) is 88.4 Å². The van der Waals surface area contributed by atoms with Gasteiger partial charge in [-0.1, -0.05) is 99.5 Å². The second kappa shape index (κ2) is 13.2. The smallest absolute Gasteiger partial charge is 0.384 e. The number of rotatable bonds is 6. The molecule has 10 rings (SSSR count). The van der Waals surface area contributed by atoms with Crippen molar-refractivity contribution in [1.29, 1.82) is 0 Å². The summed E-state index contributed by atoms with van der Waals surface area (Å²) in [6.07, 6.45) is 22.1. The molecule has 0 aromatic heterocycles. The first kappa shape index (κ1) is 36.7. The summed E-state index contributed by atoms with van der Waals surface area (Å²) in [5.41, 5.74) is 3.50. The molecule has 0 aliphatic heterocycles. The van der Waals surface area contributed by atoms with Crippen LogP contribution in [0.25, 0.3) is 0 Å². The molecular weight excluding hydrogens is 693 g/mol. The number of carbonyl (C=O) groups is 2. The van der Waals surface area contributed by atoms with Crippen molar-refractivity contribution in [2.45, 2.75) is 143 Å². The molecular formula is C50H64O4Si. The van der Waals surface area contributed by atoms with E-state index in [1.807, 2.05) is 12.2 Å². The second-order valence-corrected chi connectivity index (χ2v) is 23.6. The monoisotopic (exact) mass is 756 g/mol. The molecule has 0 radical (unpaired) electrons. The topological polar surface area (TPSA) is 52.6 Å². The van der Waals surface area contributed by atoms with E-state index in [0.29, 0.717) is 47.1 Å². The lowest BCUT2D eigenvalue weighted by Gasteiger charge is -2.59. The van der Waals surface area contributed by atoms with Crippen molar-refractivity contribution in [3.63, 3.8) is 0 Å². The van der Waals surface area contributed by atoms with Crippen LogP contribution in [0.3, 0.4) is 0 Å². The van der Waals surface area contributed by atoms with Crippen LogP contribution in [0.5, 0.6) is 0 Å². The van der Waals surface area contributed by atoms with Crippen LogP contribution in [-0.2, 0) is 18.4 Å². The van der Waals surface area contributed by atoms with Gasteiger partial charge in [0.05, 0.1) is 12.2 Å². The molecule has 0 bridgehead atoms. The molecule has 0 N–H and O–H groups in total. The van der Waals surface area contributed by atoms with E-state index in [-0.39, 0.29) is 33.9 Å². The van der Waals surface area contributed by atoms with Gasteiger partial charge in [-0.05, 0) is 170 Å². The average molecular weight is 757 g/mol. The first-order valence-electron chi connectivity index (χ1n) is 22.4. The molecule has 0 amide bonds. The van der Waals surface area contributed by atoms with Gasteiger partial charge in [-0.2, -0.15) is 0 Å². The van der Waals surface area contributed by atoms with Crippen LogP contribution in [0.4, 0.5) is 0 Å². The molecule has 4 nitrogen and oxygen atoms in total. The molecule has 8 aliphatic rings. The molecule has 8 aliphatic carbocycles. The standard InChI is InChI=1S/C50H64O4Si/c1-47-27-23-35(51)31-33(47)15-17-39-41-19-21-45(49(41,3)29-25-43(39)47)53-55(37-11-7-5-8-12-37,38-13-9-6-10-14-38)54-46-22-20-42-40-18-16-34-32-36(52)24-28-48(34,2)44(40)26-30-50(42,46)4/h5-14,31-32,39-46H,15-30H2,1-4H3/t39-,40+,41-,42-,43-,44-,45-,46-,47+,48+,49+,50+/m1/s1. The van der Waals surface area contributed by atoms with Crippen LogP contribution in [0.2, 0.25) is 0 Å². The zero-order chi connectivity index (χ0) is 37.8. The summed E-state index contributed by atoms with van der Waals surface area (Å²) >= 11 is 0. The van der Waals surface area contributed by atoms with Gasteiger partial charge in [0.1, 0.15) is 0 Å². The quantitative estimate of drug-likeness (QED) is 0.276. The Morgan fingerprint density at radius 3 is 1.33 bits per heavy atom. The molecule has 0 spiro atoms. The Bertz CT molecular complexity index is 1760. The zero-order valence-electron chi connectivity index (χ0n) is 34.0. The van der Waals surface area contributed by atoms with Gasteiger partial charge < -0.3 is 8.85 Å². The molecule has 2 aromatic carbocycles. The summed E-state index contributed by atoms with van der Waals surface area (Å²) in [4.78, 5) is 25.0. The number of ketones is 2. The SMILES string of the molecule is C[C@]12CC[C@@H]3[C@H](CCC4=CC(=O)CC[C@@]43C)[C@H]1CC[C@H]2O[Si](O[C@@H]1CC[C@@H]2[C@@H]3CCC4=CC(=O)CC[C@]4(C)[C@@H]3CC[C@@]21C)(c1ccccc1)c1ccccc1. The Labute approximate surface area is 331 Å². The largest absolute Gasteiger partial charge is 0.407 e. The molecule has 0 heterocycles. The lowest BCUT2D eigenvalue weighted by Crippen LogP contribution is -2.68. The third-order valence-electron chi connectivity index (χ3n) is 18.7. The summed E-state index contributed by atoms with van der Waals surface area (Å²) in [5, 5.41) is 2.50.